The largest absolute Gasteiger partial charge is 0.324 e. The molecule has 1 aromatic heterocycles. The molecule has 1 heterocycles. The number of hydrogen-bond donors (Lipinski definition) is 1. The van der Waals surface area contributed by atoms with Crippen LogP contribution in [-0.2, 0) is 4.79 Å². The van der Waals surface area contributed by atoms with Crippen LogP contribution in [0.2, 0.25) is 0 Å². The van der Waals surface area contributed by atoms with Gasteiger partial charge in [0.05, 0.1) is 11.6 Å². The van der Waals surface area contributed by atoms with Crippen molar-refractivity contribution in [1.82, 2.24) is 4.57 Å². The highest BCUT2D eigenvalue weighted by molar-refractivity contribution is 5.95. The number of nitrogens with zero attached hydrogens (tertiary/aromatic N) is 1. The van der Waals surface area contributed by atoms with Gasteiger partial charge in [0.1, 0.15) is 0 Å². The van der Waals surface area contributed by atoms with Gasteiger partial charge in [-0.1, -0.05) is 48.5 Å². The van der Waals surface area contributed by atoms with E-state index in [0.29, 0.717) is 5.69 Å². The number of amides is 1. The van der Waals surface area contributed by atoms with Gasteiger partial charge in [-0.3, -0.25) is 14.2 Å². The second kappa shape index (κ2) is 6.96. The summed E-state index contributed by atoms with van der Waals surface area (Å²) < 4.78 is 1.52. The number of hydrogen-bond acceptors (Lipinski definition) is 2. The van der Waals surface area contributed by atoms with E-state index in [-0.39, 0.29) is 17.4 Å². The van der Waals surface area contributed by atoms with Crippen LogP contribution in [0.1, 0.15) is 18.4 Å². The summed E-state index contributed by atoms with van der Waals surface area (Å²) in [7, 11) is 0. The van der Waals surface area contributed by atoms with E-state index in [0.717, 1.165) is 11.3 Å². The number of carbonyl (C=O) groups excluding carboxylic acids is 1. The third-order valence-corrected chi connectivity index (χ3v) is 3.91. The van der Waals surface area contributed by atoms with E-state index >= 15 is 0 Å². The van der Waals surface area contributed by atoms with Gasteiger partial charge in [-0.15, -0.1) is 0 Å². The third kappa shape index (κ3) is 3.43. The Labute approximate surface area is 140 Å². The fraction of sp³-hybridized carbons (Fsp3) is 0.100. The van der Waals surface area contributed by atoms with Gasteiger partial charge >= 0.3 is 0 Å². The molecular weight excluding hydrogens is 300 g/mol. The number of carbonyl (C=O) groups is 1. The van der Waals surface area contributed by atoms with Crippen LogP contribution in [-0.4, -0.2) is 10.5 Å². The number of anilines is 1. The summed E-state index contributed by atoms with van der Waals surface area (Å²) in [4.78, 5) is 24.5. The summed E-state index contributed by atoms with van der Waals surface area (Å²) in [5, 5.41) is 2.88. The fourth-order valence-electron chi connectivity index (χ4n) is 2.50. The van der Waals surface area contributed by atoms with Gasteiger partial charge in [-0.05, 0) is 30.7 Å². The van der Waals surface area contributed by atoms with Gasteiger partial charge in [0.2, 0.25) is 5.91 Å². The molecule has 0 spiro atoms. The summed E-state index contributed by atoms with van der Waals surface area (Å²) in [6.07, 6.45) is 1.65. The predicted octanol–water partition coefficient (Wildman–Crippen LogP) is 3.58. The van der Waals surface area contributed by atoms with Crippen LogP contribution >= 0.6 is 0 Å². The molecule has 0 aliphatic rings. The van der Waals surface area contributed by atoms with E-state index in [4.69, 9.17) is 0 Å². The lowest BCUT2D eigenvalue weighted by Gasteiger charge is -2.14. The van der Waals surface area contributed by atoms with Crippen molar-refractivity contribution in [2.75, 3.05) is 5.32 Å². The molecule has 0 aliphatic heterocycles. The van der Waals surface area contributed by atoms with Crippen molar-refractivity contribution in [3.05, 3.63) is 94.9 Å². The second-order valence-corrected chi connectivity index (χ2v) is 5.58. The van der Waals surface area contributed by atoms with Crippen molar-refractivity contribution >= 4 is 11.6 Å². The topological polar surface area (TPSA) is 51.1 Å². The fourth-order valence-corrected chi connectivity index (χ4v) is 2.50. The normalized spacial score (nSPS) is 11.7. The Bertz CT molecular complexity index is 886. The Morgan fingerprint density at radius 1 is 0.917 bits per heavy atom. The first-order chi connectivity index (χ1) is 11.6. The first-order valence-corrected chi connectivity index (χ1v) is 7.79. The van der Waals surface area contributed by atoms with Crippen molar-refractivity contribution in [2.24, 2.45) is 0 Å². The van der Waals surface area contributed by atoms with Crippen LogP contribution in [0, 0.1) is 0 Å². The summed E-state index contributed by atoms with van der Waals surface area (Å²) >= 11 is 0. The molecule has 3 rings (SSSR count). The van der Waals surface area contributed by atoms with Gasteiger partial charge in [-0.25, -0.2) is 0 Å². The molecule has 0 radical (unpaired) electrons. The molecule has 1 N–H and O–H groups in total. The van der Waals surface area contributed by atoms with Crippen LogP contribution in [0.15, 0.2) is 83.8 Å². The summed E-state index contributed by atoms with van der Waals surface area (Å²) in [5.41, 5.74) is 2.16. The van der Waals surface area contributed by atoms with Crippen molar-refractivity contribution in [1.29, 1.82) is 0 Å². The molecule has 1 amide bonds. The molecule has 4 nitrogen and oxygen atoms in total. The van der Waals surface area contributed by atoms with E-state index in [1.54, 1.807) is 12.3 Å². The summed E-state index contributed by atoms with van der Waals surface area (Å²) in [5.74, 6) is -0.386. The molecule has 120 valence electrons. The quantitative estimate of drug-likeness (QED) is 0.799. The average molecular weight is 318 g/mol. The van der Waals surface area contributed by atoms with E-state index in [9.17, 15) is 9.59 Å². The number of benzene rings is 2. The zero-order valence-corrected chi connectivity index (χ0v) is 13.3. The molecular formula is C20H18N2O2. The molecule has 4 heteroatoms. The number of nitrogens with one attached hydrogen (secondary N) is 1. The molecule has 2 aromatic carbocycles. The number of aromatic nitrogens is 1. The van der Waals surface area contributed by atoms with Gasteiger partial charge in [0.25, 0.3) is 5.56 Å². The van der Waals surface area contributed by atoms with Gasteiger partial charge in [0.15, 0.2) is 0 Å². The number of pyridine rings is 1. The summed E-state index contributed by atoms with van der Waals surface area (Å²) in [6, 6.07) is 22.0. The van der Waals surface area contributed by atoms with Gasteiger partial charge < -0.3 is 5.32 Å². The average Bonchev–Trinajstić information content (AvgIpc) is 2.64. The van der Waals surface area contributed by atoms with E-state index in [1.165, 1.54) is 10.6 Å². The zero-order valence-electron chi connectivity index (χ0n) is 13.3. The highest BCUT2D eigenvalue weighted by atomic mass is 16.2. The number of rotatable bonds is 4. The lowest BCUT2D eigenvalue weighted by Crippen LogP contribution is -2.22. The highest BCUT2D eigenvalue weighted by Gasteiger charge is 2.15. The molecule has 0 saturated heterocycles. The standard InChI is InChI=1S/C20H18N2O2/c1-15(16-8-4-2-5-9-16)20(24)21-17-12-13-19(23)22(14-17)18-10-6-3-7-11-18/h2-15H,1H3,(H,21,24)/t15-/m0/s1. The predicted molar refractivity (Wildman–Crippen MR) is 95.5 cm³/mol. The molecule has 0 saturated carbocycles. The third-order valence-electron chi connectivity index (χ3n) is 3.91. The van der Waals surface area contributed by atoms with Crippen LogP contribution in [0.5, 0.6) is 0 Å². The molecule has 0 fully saturated rings. The molecule has 24 heavy (non-hydrogen) atoms. The zero-order chi connectivity index (χ0) is 16.9. The highest BCUT2D eigenvalue weighted by Crippen LogP contribution is 2.17. The molecule has 0 aliphatic carbocycles. The van der Waals surface area contributed by atoms with Crippen molar-refractivity contribution in [3.8, 4) is 5.69 Å². The molecule has 0 bridgehead atoms. The second-order valence-electron chi connectivity index (χ2n) is 5.58. The maximum absolute atomic E-state index is 12.4. The van der Waals surface area contributed by atoms with Crippen molar-refractivity contribution in [2.45, 2.75) is 12.8 Å². The number of para-hydroxylation sites is 1. The molecule has 0 unspecified atom stereocenters. The Kier molecular flexibility index (Phi) is 4.57. The van der Waals surface area contributed by atoms with Crippen molar-refractivity contribution in [3.63, 3.8) is 0 Å². The van der Waals surface area contributed by atoms with Crippen LogP contribution in [0.25, 0.3) is 5.69 Å². The molecule has 1 atom stereocenters. The van der Waals surface area contributed by atoms with Crippen LogP contribution in [0.4, 0.5) is 5.69 Å². The smallest absolute Gasteiger partial charge is 0.255 e. The van der Waals surface area contributed by atoms with Crippen LogP contribution < -0.4 is 10.9 Å². The summed E-state index contributed by atoms with van der Waals surface area (Å²) in [6.45, 7) is 1.86. The van der Waals surface area contributed by atoms with Gasteiger partial charge in [-0.2, -0.15) is 0 Å². The minimum atomic E-state index is -0.275. The Morgan fingerprint density at radius 3 is 2.21 bits per heavy atom. The maximum Gasteiger partial charge on any atom is 0.255 e. The Hall–Kier alpha value is -3.14. The van der Waals surface area contributed by atoms with Crippen molar-refractivity contribution < 1.29 is 4.79 Å². The lowest BCUT2D eigenvalue weighted by atomic mass is 10.0. The van der Waals surface area contributed by atoms with E-state index in [2.05, 4.69) is 5.32 Å². The maximum atomic E-state index is 12.4. The molecule has 3 aromatic rings. The van der Waals surface area contributed by atoms with E-state index in [1.807, 2.05) is 67.6 Å². The first-order valence-electron chi connectivity index (χ1n) is 7.79. The first kappa shape index (κ1) is 15.7. The van der Waals surface area contributed by atoms with E-state index < -0.39 is 0 Å². The van der Waals surface area contributed by atoms with Gasteiger partial charge in [0, 0.05) is 18.0 Å². The minimum Gasteiger partial charge on any atom is -0.324 e. The Morgan fingerprint density at radius 2 is 1.54 bits per heavy atom. The van der Waals surface area contributed by atoms with Crippen LogP contribution in [0.3, 0.4) is 0 Å². The SMILES string of the molecule is C[C@H](C(=O)Nc1ccc(=O)n(-c2ccccc2)c1)c1ccccc1. The minimum absolute atomic E-state index is 0.112. The lowest BCUT2D eigenvalue weighted by molar-refractivity contribution is -0.117. The Balaban J connectivity index is 1.83. The monoisotopic (exact) mass is 318 g/mol.